The van der Waals surface area contributed by atoms with Gasteiger partial charge in [-0.15, -0.1) is 0 Å². The second kappa shape index (κ2) is 7.09. The molecule has 29 heavy (non-hydrogen) atoms. The standard InChI is InChI=1S/C21H24N4O3S/c26-20(15-7-4-8-15)25-11-17-18(12-25)29(27,28)13-16-10-23-21(24-19(16)17)22-9-14-5-2-1-3-6-14/h1-3,5-6,10,15,17-18H,4,7-9,11-13H2,(H,22,23,24)/t17-,18+/m0/s1. The third kappa shape index (κ3) is 3.39. The molecule has 2 fully saturated rings. The van der Waals surface area contributed by atoms with Gasteiger partial charge in [0.05, 0.1) is 16.7 Å². The number of amides is 1. The minimum Gasteiger partial charge on any atom is -0.350 e. The van der Waals surface area contributed by atoms with Crippen molar-refractivity contribution in [3.63, 3.8) is 0 Å². The fourth-order valence-electron chi connectivity index (χ4n) is 4.53. The van der Waals surface area contributed by atoms with Gasteiger partial charge in [0.2, 0.25) is 11.9 Å². The van der Waals surface area contributed by atoms with Crippen molar-refractivity contribution in [2.24, 2.45) is 5.92 Å². The van der Waals surface area contributed by atoms with Crippen molar-refractivity contribution in [1.82, 2.24) is 14.9 Å². The topological polar surface area (TPSA) is 92.3 Å². The number of carbonyl (C=O) groups excluding carboxylic acids is 1. The van der Waals surface area contributed by atoms with Gasteiger partial charge in [0.1, 0.15) is 0 Å². The third-order valence-electron chi connectivity index (χ3n) is 6.39. The SMILES string of the molecule is O=C(C1CCC1)N1C[C@@H]2c3nc(NCc4ccccc4)ncc3CS(=O)(=O)[C@@H]2C1. The van der Waals surface area contributed by atoms with Crippen LogP contribution < -0.4 is 5.32 Å². The molecule has 1 saturated carbocycles. The maximum absolute atomic E-state index is 12.8. The van der Waals surface area contributed by atoms with E-state index in [0.29, 0.717) is 31.1 Å². The fraction of sp³-hybridized carbons (Fsp3) is 0.476. The van der Waals surface area contributed by atoms with Gasteiger partial charge in [-0.3, -0.25) is 4.79 Å². The van der Waals surface area contributed by atoms with Gasteiger partial charge in [0.25, 0.3) is 0 Å². The van der Waals surface area contributed by atoms with Crippen molar-refractivity contribution in [3.8, 4) is 0 Å². The van der Waals surface area contributed by atoms with Gasteiger partial charge in [0.15, 0.2) is 9.84 Å². The second-order valence-corrected chi connectivity index (χ2v) is 10.5. The molecule has 2 aliphatic heterocycles. The quantitative estimate of drug-likeness (QED) is 0.827. The van der Waals surface area contributed by atoms with E-state index in [1.165, 1.54) is 0 Å². The van der Waals surface area contributed by atoms with E-state index in [1.54, 1.807) is 11.1 Å². The molecule has 1 aromatic carbocycles. The van der Waals surface area contributed by atoms with Crippen molar-refractivity contribution >= 4 is 21.7 Å². The number of nitrogens with zero attached hydrogens (tertiary/aromatic N) is 3. The Bertz CT molecular complexity index is 1040. The largest absolute Gasteiger partial charge is 0.350 e. The first kappa shape index (κ1) is 18.5. The lowest BCUT2D eigenvalue weighted by atomic mass is 9.84. The molecule has 1 saturated heterocycles. The van der Waals surface area contributed by atoms with Crippen LogP contribution in [0.1, 0.15) is 42.0 Å². The zero-order valence-corrected chi connectivity index (χ0v) is 16.9. The van der Waals surface area contributed by atoms with Crippen LogP contribution in [0.5, 0.6) is 0 Å². The van der Waals surface area contributed by atoms with E-state index in [1.807, 2.05) is 30.3 Å². The summed E-state index contributed by atoms with van der Waals surface area (Å²) in [6.45, 7) is 1.32. The second-order valence-electron chi connectivity index (χ2n) is 8.27. The third-order valence-corrected chi connectivity index (χ3v) is 8.51. The Hall–Kier alpha value is -2.48. The normalized spacial score (nSPS) is 25.0. The number of fused-ring (bicyclic) bond motifs is 3. The Morgan fingerprint density at radius 1 is 1.17 bits per heavy atom. The first-order valence-corrected chi connectivity index (χ1v) is 11.9. The lowest BCUT2D eigenvalue weighted by Crippen LogP contribution is -2.39. The summed E-state index contributed by atoms with van der Waals surface area (Å²) in [5.41, 5.74) is 2.56. The highest BCUT2D eigenvalue weighted by atomic mass is 32.2. The van der Waals surface area contributed by atoms with Gasteiger partial charge in [-0.2, -0.15) is 0 Å². The molecule has 1 aromatic heterocycles. The fourth-order valence-corrected chi connectivity index (χ4v) is 6.52. The number of carbonyl (C=O) groups is 1. The summed E-state index contributed by atoms with van der Waals surface area (Å²) in [6, 6.07) is 9.97. The molecule has 0 unspecified atom stereocenters. The van der Waals surface area contributed by atoms with Crippen LogP contribution in [-0.2, 0) is 26.9 Å². The smallest absolute Gasteiger partial charge is 0.225 e. The molecule has 1 amide bonds. The summed E-state index contributed by atoms with van der Waals surface area (Å²) in [4.78, 5) is 23.5. The maximum atomic E-state index is 12.8. The van der Waals surface area contributed by atoms with Crippen LogP contribution in [-0.4, -0.2) is 47.5 Å². The summed E-state index contributed by atoms with van der Waals surface area (Å²) in [6.07, 6.45) is 4.55. The molecule has 7 nitrogen and oxygen atoms in total. The highest BCUT2D eigenvalue weighted by Crippen LogP contribution is 2.41. The number of hydrogen-bond acceptors (Lipinski definition) is 6. The van der Waals surface area contributed by atoms with Gasteiger partial charge >= 0.3 is 0 Å². The average molecular weight is 413 g/mol. The zero-order valence-electron chi connectivity index (χ0n) is 16.1. The zero-order chi connectivity index (χ0) is 20.0. The molecule has 2 atom stereocenters. The van der Waals surface area contributed by atoms with E-state index >= 15 is 0 Å². The van der Waals surface area contributed by atoms with Crippen LogP contribution in [0.15, 0.2) is 36.5 Å². The summed E-state index contributed by atoms with van der Waals surface area (Å²) >= 11 is 0. The van der Waals surface area contributed by atoms with E-state index < -0.39 is 15.1 Å². The number of nitrogens with one attached hydrogen (secondary N) is 1. The summed E-state index contributed by atoms with van der Waals surface area (Å²) < 4.78 is 25.7. The van der Waals surface area contributed by atoms with Gasteiger partial charge in [-0.25, -0.2) is 18.4 Å². The minimum absolute atomic E-state index is 0.0477. The van der Waals surface area contributed by atoms with Crippen molar-refractivity contribution in [3.05, 3.63) is 53.3 Å². The first-order chi connectivity index (χ1) is 14.0. The first-order valence-electron chi connectivity index (χ1n) is 10.2. The molecule has 152 valence electrons. The Morgan fingerprint density at radius 2 is 1.97 bits per heavy atom. The Balaban J connectivity index is 1.39. The van der Waals surface area contributed by atoms with Crippen LogP contribution >= 0.6 is 0 Å². The van der Waals surface area contributed by atoms with Gasteiger partial charge in [-0.05, 0) is 18.4 Å². The van der Waals surface area contributed by atoms with Gasteiger partial charge in [-0.1, -0.05) is 36.8 Å². The minimum atomic E-state index is -3.32. The molecule has 0 spiro atoms. The van der Waals surface area contributed by atoms with Crippen molar-refractivity contribution in [2.45, 2.75) is 42.7 Å². The molecule has 8 heteroatoms. The number of benzene rings is 1. The van der Waals surface area contributed by atoms with E-state index in [0.717, 1.165) is 30.5 Å². The molecule has 0 bridgehead atoms. The maximum Gasteiger partial charge on any atom is 0.225 e. The lowest BCUT2D eigenvalue weighted by Gasteiger charge is -2.29. The van der Waals surface area contributed by atoms with Crippen LogP contribution in [0.25, 0.3) is 0 Å². The molecule has 2 aromatic rings. The van der Waals surface area contributed by atoms with Gasteiger partial charge in [0, 0.05) is 43.2 Å². The van der Waals surface area contributed by atoms with Gasteiger partial charge < -0.3 is 10.2 Å². The summed E-state index contributed by atoms with van der Waals surface area (Å²) in [5, 5.41) is 2.67. The molecule has 3 aliphatic rings. The predicted octanol–water partition coefficient (Wildman–Crippen LogP) is 2.11. The number of aromatic nitrogens is 2. The number of sulfone groups is 1. The molecule has 1 N–H and O–H groups in total. The monoisotopic (exact) mass is 412 g/mol. The molecule has 5 rings (SSSR count). The van der Waals surface area contributed by atoms with E-state index in [-0.39, 0.29) is 23.5 Å². The molecule has 1 aliphatic carbocycles. The van der Waals surface area contributed by atoms with E-state index in [9.17, 15) is 13.2 Å². The highest BCUT2D eigenvalue weighted by molar-refractivity contribution is 7.91. The van der Waals surface area contributed by atoms with Crippen molar-refractivity contribution < 1.29 is 13.2 Å². The molecule has 3 heterocycles. The Labute approximate surface area is 170 Å². The number of anilines is 1. The predicted molar refractivity (Wildman–Crippen MR) is 109 cm³/mol. The van der Waals surface area contributed by atoms with Crippen molar-refractivity contribution in [2.75, 3.05) is 18.4 Å². The summed E-state index contributed by atoms with van der Waals surface area (Å²) in [7, 11) is -3.32. The average Bonchev–Trinajstić information content (AvgIpc) is 3.13. The number of rotatable bonds is 4. The van der Waals surface area contributed by atoms with Crippen molar-refractivity contribution in [1.29, 1.82) is 0 Å². The van der Waals surface area contributed by atoms with E-state index in [2.05, 4.69) is 15.3 Å². The summed E-state index contributed by atoms with van der Waals surface area (Å²) in [5.74, 6) is 0.362. The Kier molecular flexibility index (Phi) is 4.53. The van der Waals surface area contributed by atoms with E-state index in [4.69, 9.17) is 0 Å². The van der Waals surface area contributed by atoms with Crippen LogP contribution in [0, 0.1) is 5.92 Å². The van der Waals surface area contributed by atoms with Crippen LogP contribution in [0.2, 0.25) is 0 Å². The van der Waals surface area contributed by atoms with Crippen LogP contribution in [0.3, 0.4) is 0 Å². The molecular formula is C21H24N4O3S. The lowest BCUT2D eigenvalue weighted by molar-refractivity contribution is -0.137. The van der Waals surface area contributed by atoms with Crippen LogP contribution in [0.4, 0.5) is 5.95 Å². The molecular weight excluding hydrogens is 388 g/mol. The number of hydrogen-bond donors (Lipinski definition) is 1. The Morgan fingerprint density at radius 3 is 2.69 bits per heavy atom. The molecule has 0 radical (unpaired) electrons. The number of likely N-dealkylation sites (tertiary alicyclic amines) is 1. The highest BCUT2D eigenvalue weighted by Gasteiger charge is 2.49.